The molecule has 0 spiro atoms. The second kappa shape index (κ2) is 6.65. The smallest absolute Gasteiger partial charge is 0.305 e. The number of nitrogens with zero attached hydrogens (tertiary/aromatic N) is 2. The summed E-state index contributed by atoms with van der Waals surface area (Å²) in [4.78, 5) is 23.6. The van der Waals surface area contributed by atoms with Gasteiger partial charge in [0, 0.05) is 40.2 Å². The standard InChI is InChI=1S/C13H15BrN2O4S/c1-8-4-12(10(14)6-11(8)16(19)20)15-2-3-21-7-9(15)5-13(17)18/h4,6,9H,2-3,5,7H2,1H3,(H,17,18). The summed E-state index contributed by atoms with van der Waals surface area (Å²) in [6.45, 7) is 2.43. The molecule has 2 rings (SSSR count). The van der Waals surface area contributed by atoms with Crippen molar-refractivity contribution in [3.05, 3.63) is 32.3 Å². The minimum atomic E-state index is -0.831. The Kier molecular flexibility index (Phi) is 5.10. The molecular formula is C13H15BrN2O4S. The number of nitro groups is 1. The second-order valence-electron chi connectivity index (χ2n) is 4.87. The third kappa shape index (κ3) is 3.68. The minimum absolute atomic E-state index is 0.0618. The zero-order valence-electron chi connectivity index (χ0n) is 11.4. The molecule has 0 amide bonds. The van der Waals surface area contributed by atoms with Crippen LogP contribution in [0.15, 0.2) is 16.6 Å². The summed E-state index contributed by atoms with van der Waals surface area (Å²) in [6, 6.07) is 3.15. The predicted octanol–water partition coefficient (Wildman–Crippen LogP) is 3.06. The SMILES string of the molecule is Cc1cc(N2CCSCC2CC(=O)O)c(Br)cc1[N+](=O)[O-]. The summed E-state index contributed by atoms with van der Waals surface area (Å²) in [6.07, 6.45) is 0.0650. The number of aryl methyl sites for hydroxylation is 1. The van der Waals surface area contributed by atoms with Crippen molar-refractivity contribution in [1.29, 1.82) is 0 Å². The van der Waals surface area contributed by atoms with Gasteiger partial charge in [0.1, 0.15) is 0 Å². The number of carboxylic acid groups (broad SMARTS) is 1. The van der Waals surface area contributed by atoms with Gasteiger partial charge >= 0.3 is 5.97 Å². The number of thioether (sulfide) groups is 1. The van der Waals surface area contributed by atoms with Gasteiger partial charge in [0.15, 0.2) is 0 Å². The van der Waals surface area contributed by atoms with Crippen molar-refractivity contribution >= 4 is 45.0 Å². The number of halogens is 1. The topological polar surface area (TPSA) is 83.7 Å². The van der Waals surface area contributed by atoms with Gasteiger partial charge in [-0.25, -0.2) is 0 Å². The average molecular weight is 375 g/mol. The van der Waals surface area contributed by atoms with Gasteiger partial charge in [-0.3, -0.25) is 14.9 Å². The molecule has 1 aromatic rings. The first-order chi connectivity index (χ1) is 9.90. The Hall–Kier alpha value is -1.28. The van der Waals surface area contributed by atoms with Crippen molar-refractivity contribution < 1.29 is 14.8 Å². The molecule has 21 heavy (non-hydrogen) atoms. The van der Waals surface area contributed by atoms with Crippen LogP contribution >= 0.6 is 27.7 Å². The highest BCUT2D eigenvalue weighted by Crippen LogP contribution is 2.36. The quantitative estimate of drug-likeness (QED) is 0.643. The summed E-state index contributed by atoms with van der Waals surface area (Å²) in [7, 11) is 0. The molecule has 1 aromatic carbocycles. The van der Waals surface area contributed by atoms with Crippen LogP contribution in [0.4, 0.5) is 11.4 Å². The fourth-order valence-electron chi connectivity index (χ4n) is 2.42. The molecule has 0 saturated carbocycles. The second-order valence-corrected chi connectivity index (χ2v) is 6.87. The van der Waals surface area contributed by atoms with Crippen LogP contribution in [-0.2, 0) is 4.79 Å². The van der Waals surface area contributed by atoms with E-state index in [1.54, 1.807) is 24.8 Å². The molecule has 1 N–H and O–H groups in total. The maximum atomic E-state index is 11.0. The normalized spacial score (nSPS) is 18.6. The lowest BCUT2D eigenvalue weighted by molar-refractivity contribution is -0.385. The number of benzene rings is 1. The molecule has 0 radical (unpaired) electrons. The maximum absolute atomic E-state index is 11.0. The molecule has 6 nitrogen and oxygen atoms in total. The first-order valence-corrected chi connectivity index (χ1v) is 8.35. The number of carboxylic acids is 1. The first-order valence-electron chi connectivity index (χ1n) is 6.41. The zero-order valence-corrected chi connectivity index (χ0v) is 13.8. The molecule has 114 valence electrons. The van der Waals surface area contributed by atoms with E-state index >= 15 is 0 Å². The number of anilines is 1. The summed E-state index contributed by atoms with van der Waals surface area (Å²) in [5.74, 6) is 0.829. The Morgan fingerprint density at radius 3 is 2.95 bits per heavy atom. The number of nitro benzene ring substituents is 1. The molecule has 1 aliphatic rings. The number of hydrogen-bond donors (Lipinski definition) is 1. The van der Waals surface area contributed by atoms with E-state index in [2.05, 4.69) is 15.9 Å². The molecule has 1 fully saturated rings. The Morgan fingerprint density at radius 1 is 1.62 bits per heavy atom. The van der Waals surface area contributed by atoms with Crippen molar-refractivity contribution in [3.63, 3.8) is 0 Å². The Balaban J connectivity index is 2.36. The third-order valence-electron chi connectivity index (χ3n) is 3.41. The molecule has 1 atom stereocenters. The van der Waals surface area contributed by atoms with Crippen molar-refractivity contribution in [3.8, 4) is 0 Å². The number of carbonyl (C=O) groups is 1. The van der Waals surface area contributed by atoms with Gasteiger partial charge in [0.2, 0.25) is 0 Å². The van der Waals surface area contributed by atoms with E-state index in [1.807, 2.05) is 4.90 Å². The highest BCUT2D eigenvalue weighted by atomic mass is 79.9. The van der Waals surface area contributed by atoms with Gasteiger partial charge in [0.05, 0.1) is 17.0 Å². The summed E-state index contributed by atoms with van der Waals surface area (Å²) in [5, 5.41) is 20.0. The predicted molar refractivity (Wildman–Crippen MR) is 86.2 cm³/mol. The summed E-state index contributed by atoms with van der Waals surface area (Å²) < 4.78 is 0.627. The number of rotatable bonds is 4. The largest absolute Gasteiger partial charge is 0.481 e. The molecule has 0 aliphatic carbocycles. The molecule has 1 aliphatic heterocycles. The highest BCUT2D eigenvalue weighted by molar-refractivity contribution is 9.10. The van der Waals surface area contributed by atoms with Crippen LogP contribution in [0.25, 0.3) is 0 Å². The highest BCUT2D eigenvalue weighted by Gasteiger charge is 2.28. The van der Waals surface area contributed by atoms with Gasteiger partial charge in [-0.1, -0.05) is 0 Å². The average Bonchev–Trinajstić information content (AvgIpc) is 2.41. The van der Waals surface area contributed by atoms with Gasteiger partial charge in [-0.2, -0.15) is 11.8 Å². The van der Waals surface area contributed by atoms with E-state index < -0.39 is 10.9 Å². The lowest BCUT2D eigenvalue weighted by atomic mass is 10.1. The van der Waals surface area contributed by atoms with Gasteiger partial charge in [0.25, 0.3) is 5.69 Å². The summed E-state index contributed by atoms with van der Waals surface area (Å²) >= 11 is 5.11. The third-order valence-corrected chi connectivity index (χ3v) is 5.14. The lowest BCUT2D eigenvalue weighted by Crippen LogP contribution is -2.44. The van der Waals surface area contributed by atoms with Crippen LogP contribution < -0.4 is 4.90 Å². The van der Waals surface area contributed by atoms with Crippen LogP contribution in [0.1, 0.15) is 12.0 Å². The van der Waals surface area contributed by atoms with Crippen LogP contribution in [-0.4, -0.2) is 40.1 Å². The van der Waals surface area contributed by atoms with Crippen molar-refractivity contribution in [1.82, 2.24) is 0 Å². The fourth-order valence-corrected chi connectivity index (χ4v) is 4.04. The van der Waals surface area contributed by atoms with Gasteiger partial charge in [-0.05, 0) is 28.9 Å². The molecule has 0 aromatic heterocycles. The minimum Gasteiger partial charge on any atom is -0.481 e. The number of hydrogen-bond acceptors (Lipinski definition) is 5. The maximum Gasteiger partial charge on any atom is 0.305 e. The first kappa shape index (κ1) is 16.1. The van der Waals surface area contributed by atoms with E-state index in [0.717, 1.165) is 23.7 Å². The molecule has 1 heterocycles. The monoisotopic (exact) mass is 374 g/mol. The molecule has 1 saturated heterocycles. The van der Waals surface area contributed by atoms with Crippen molar-refractivity contribution in [2.45, 2.75) is 19.4 Å². The molecule has 1 unspecified atom stereocenters. The van der Waals surface area contributed by atoms with Crippen LogP contribution in [0.2, 0.25) is 0 Å². The fraction of sp³-hybridized carbons (Fsp3) is 0.462. The summed E-state index contributed by atoms with van der Waals surface area (Å²) in [5.41, 5.74) is 1.46. The van der Waals surface area contributed by atoms with Crippen molar-refractivity contribution in [2.24, 2.45) is 0 Å². The van der Waals surface area contributed by atoms with Gasteiger partial charge in [-0.15, -0.1) is 0 Å². The van der Waals surface area contributed by atoms with E-state index in [1.165, 1.54) is 6.07 Å². The van der Waals surface area contributed by atoms with Crippen LogP contribution in [0.3, 0.4) is 0 Å². The Bertz CT molecular complexity index is 582. The van der Waals surface area contributed by atoms with Crippen molar-refractivity contribution in [2.75, 3.05) is 23.0 Å². The van der Waals surface area contributed by atoms with Crippen LogP contribution in [0, 0.1) is 17.0 Å². The van der Waals surface area contributed by atoms with E-state index in [-0.39, 0.29) is 18.2 Å². The molecule has 0 bridgehead atoms. The molecule has 8 heteroatoms. The van der Waals surface area contributed by atoms with Gasteiger partial charge < -0.3 is 10.0 Å². The Labute approximate surface area is 134 Å². The Morgan fingerprint density at radius 2 is 2.33 bits per heavy atom. The number of aliphatic carboxylic acids is 1. The van der Waals surface area contributed by atoms with E-state index in [0.29, 0.717) is 10.0 Å². The zero-order chi connectivity index (χ0) is 15.6. The van der Waals surface area contributed by atoms with E-state index in [4.69, 9.17) is 5.11 Å². The molecular weight excluding hydrogens is 360 g/mol. The van der Waals surface area contributed by atoms with Crippen LogP contribution in [0.5, 0.6) is 0 Å². The van der Waals surface area contributed by atoms with E-state index in [9.17, 15) is 14.9 Å². The lowest BCUT2D eigenvalue weighted by Gasteiger charge is -2.37.